The fraction of sp³-hybridized carbons (Fsp3) is 0.250. The molecule has 3 rings (SSSR count). The molecule has 0 amide bonds. The highest BCUT2D eigenvalue weighted by molar-refractivity contribution is 14.0. The van der Waals surface area contributed by atoms with Gasteiger partial charge >= 0.3 is 0 Å². The molecule has 0 radical (unpaired) electrons. The summed E-state index contributed by atoms with van der Waals surface area (Å²) in [6.07, 6.45) is 2.77. The molecule has 0 fully saturated rings. The average molecular weight is 480 g/mol. The van der Waals surface area contributed by atoms with Gasteiger partial charge in [-0.25, -0.2) is 0 Å². The van der Waals surface area contributed by atoms with Crippen molar-refractivity contribution in [2.75, 3.05) is 26.1 Å². The van der Waals surface area contributed by atoms with Crippen molar-refractivity contribution in [1.82, 2.24) is 4.98 Å². The van der Waals surface area contributed by atoms with E-state index in [1.807, 2.05) is 48.7 Å². The molecule has 6 nitrogen and oxygen atoms in total. The molecule has 0 saturated carbocycles. The smallest absolute Gasteiger partial charge is 0.193 e. The summed E-state index contributed by atoms with van der Waals surface area (Å²) in [4.78, 5) is 7.72. The SMILES string of the molecule is COCc1ccccc1NC(N)=NCCc1c[nH]c2cccc(OC)c12.I. The number of hydrogen-bond donors (Lipinski definition) is 3. The van der Waals surface area contributed by atoms with E-state index in [1.165, 1.54) is 0 Å². The molecule has 1 heterocycles. The van der Waals surface area contributed by atoms with Crippen LogP contribution >= 0.6 is 24.0 Å². The van der Waals surface area contributed by atoms with Crippen LogP contribution in [0.2, 0.25) is 0 Å². The van der Waals surface area contributed by atoms with E-state index in [9.17, 15) is 0 Å². The zero-order valence-corrected chi connectivity index (χ0v) is 17.8. The molecule has 27 heavy (non-hydrogen) atoms. The van der Waals surface area contributed by atoms with Crippen molar-refractivity contribution in [3.05, 3.63) is 59.8 Å². The van der Waals surface area contributed by atoms with Gasteiger partial charge in [0.1, 0.15) is 5.75 Å². The maximum atomic E-state index is 6.04. The first-order valence-corrected chi connectivity index (χ1v) is 8.49. The molecule has 0 aliphatic carbocycles. The van der Waals surface area contributed by atoms with Crippen molar-refractivity contribution in [2.45, 2.75) is 13.0 Å². The molecule has 0 unspecified atom stereocenters. The molecule has 0 aliphatic rings. The van der Waals surface area contributed by atoms with E-state index in [0.717, 1.165) is 39.9 Å². The number of guanidine groups is 1. The molecule has 7 heteroatoms. The zero-order valence-electron chi connectivity index (χ0n) is 15.5. The number of ether oxygens (including phenoxy) is 2. The molecular weight excluding hydrogens is 455 g/mol. The second-order valence-electron chi connectivity index (χ2n) is 5.93. The Balaban J connectivity index is 0.00000261. The zero-order chi connectivity index (χ0) is 18.4. The molecule has 0 saturated heterocycles. The summed E-state index contributed by atoms with van der Waals surface area (Å²) < 4.78 is 10.7. The molecule has 144 valence electrons. The number of nitrogens with zero attached hydrogens (tertiary/aromatic N) is 1. The van der Waals surface area contributed by atoms with Crippen LogP contribution in [0, 0.1) is 0 Å². The highest BCUT2D eigenvalue weighted by atomic mass is 127. The maximum absolute atomic E-state index is 6.04. The van der Waals surface area contributed by atoms with E-state index in [2.05, 4.69) is 15.3 Å². The monoisotopic (exact) mass is 480 g/mol. The number of nitrogens with one attached hydrogen (secondary N) is 2. The number of H-pyrrole nitrogens is 1. The number of benzene rings is 2. The van der Waals surface area contributed by atoms with Crippen LogP contribution in [0.5, 0.6) is 5.75 Å². The van der Waals surface area contributed by atoms with Gasteiger partial charge in [-0.3, -0.25) is 4.99 Å². The second-order valence-corrected chi connectivity index (χ2v) is 5.93. The van der Waals surface area contributed by atoms with Crippen molar-refractivity contribution in [3.8, 4) is 5.75 Å². The van der Waals surface area contributed by atoms with Gasteiger partial charge < -0.3 is 25.5 Å². The Morgan fingerprint density at radius 2 is 1.93 bits per heavy atom. The molecule has 1 aromatic heterocycles. The summed E-state index contributed by atoms with van der Waals surface area (Å²) in [5, 5.41) is 4.25. The predicted octanol–water partition coefficient (Wildman–Crippen LogP) is 3.91. The van der Waals surface area contributed by atoms with Gasteiger partial charge in [0.15, 0.2) is 5.96 Å². The van der Waals surface area contributed by atoms with E-state index in [1.54, 1.807) is 14.2 Å². The third-order valence-electron chi connectivity index (χ3n) is 4.21. The van der Waals surface area contributed by atoms with Gasteiger partial charge in [0.2, 0.25) is 0 Å². The van der Waals surface area contributed by atoms with Gasteiger partial charge in [-0.1, -0.05) is 24.3 Å². The topological polar surface area (TPSA) is 84.7 Å². The summed E-state index contributed by atoms with van der Waals surface area (Å²) >= 11 is 0. The summed E-state index contributed by atoms with van der Waals surface area (Å²) in [6, 6.07) is 13.8. The van der Waals surface area contributed by atoms with Crippen LogP contribution in [0.25, 0.3) is 10.9 Å². The quantitative estimate of drug-likeness (QED) is 0.272. The van der Waals surface area contributed by atoms with Crippen molar-refractivity contribution < 1.29 is 9.47 Å². The molecule has 3 aromatic rings. The first-order valence-electron chi connectivity index (χ1n) is 8.49. The highest BCUT2D eigenvalue weighted by Gasteiger charge is 2.08. The minimum Gasteiger partial charge on any atom is -0.496 e. The number of hydrogen-bond acceptors (Lipinski definition) is 3. The number of nitrogens with two attached hydrogens (primary N) is 1. The molecule has 4 N–H and O–H groups in total. The van der Waals surface area contributed by atoms with Crippen LogP contribution in [-0.4, -0.2) is 31.7 Å². The van der Waals surface area contributed by atoms with Gasteiger partial charge in [-0.15, -0.1) is 24.0 Å². The van der Waals surface area contributed by atoms with Crippen LogP contribution in [0.15, 0.2) is 53.7 Å². The van der Waals surface area contributed by atoms with Gasteiger partial charge in [-0.2, -0.15) is 0 Å². The summed E-state index contributed by atoms with van der Waals surface area (Å²) in [6.45, 7) is 1.10. The number of fused-ring (bicyclic) bond motifs is 1. The Morgan fingerprint density at radius 1 is 1.11 bits per heavy atom. The van der Waals surface area contributed by atoms with Gasteiger partial charge in [0.25, 0.3) is 0 Å². The Labute approximate surface area is 176 Å². The number of methoxy groups -OCH3 is 2. The van der Waals surface area contributed by atoms with E-state index in [0.29, 0.717) is 19.1 Å². The molecule has 0 spiro atoms. The van der Waals surface area contributed by atoms with Crippen LogP contribution in [0.1, 0.15) is 11.1 Å². The maximum Gasteiger partial charge on any atom is 0.193 e. The lowest BCUT2D eigenvalue weighted by Gasteiger charge is -2.10. The van der Waals surface area contributed by atoms with Gasteiger partial charge in [-0.05, 0) is 30.2 Å². The molecule has 0 bridgehead atoms. The van der Waals surface area contributed by atoms with Crippen LogP contribution in [-0.2, 0) is 17.8 Å². The first-order chi connectivity index (χ1) is 12.7. The number of halogens is 1. The van der Waals surface area contributed by atoms with E-state index in [4.69, 9.17) is 15.2 Å². The van der Waals surface area contributed by atoms with E-state index >= 15 is 0 Å². The number of para-hydroxylation sites is 1. The fourth-order valence-electron chi connectivity index (χ4n) is 2.98. The lowest BCUT2D eigenvalue weighted by molar-refractivity contribution is 0.185. The van der Waals surface area contributed by atoms with Crippen molar-refractivity contribution >= 4 is 46.5 Å². The molecule has 0 atom stereocenters. The molecular formula is C20H25IN4O2. The predicted molar refractivity (Wildman–Crippen MR) is 121 cm³/mol. The lowest BCUT2D eigenvalue weighted by Crippen LogP contribution is -2.23. The Hall–Kier alpha value is -2.26. The number of aromatic amines is 1. The normalized spacial score (nSPS) is 11.3. The van der Waals surface area contributed by atoms with E-state index < -0.39 is 0 Å². The number of aliphatic imine (C=N–C) groups is 1. The average Bonchev–Trinajstić information content (AvgIpc) is 3.07. The first kappa shape index (κ1) is 21.0. The Kier molecular flexibility index (Phi) is 7.93. The van der Waals surface area contributed by atoms with Gasteiger partial charge in [0.05, 0.1) is 13.7 Å². The summed E-state index contributed by atoms with van der Waals surface area (Å²) in [5.74, 6) is 1.25. The number of rotatable bonds is 7. The summed E-state index contributed by atoms with van der Waals surface area (Å²) in [5.41, 5.74) is 10.2. The standard InChI is InChI=1S/C20H24N4O2.HI/c1-25-13-15-6-3-4-7-16(15)24-20(21)22-11-10-14-12-23-17-8-5-9-18(26-2)19(14)17;/h3-9,12,23H,10-11,13H2,1-2H3,(H3,21,22,24);1H. The third-order valence-corrected chi connectivity index (χ3v) is 4.21. The van der Waals surface area contributed by atoms with Crippen LogP contribution < -0.4 is 15.8 Å². The summed E-state index contributed by atoms with van der Waals surface area (Å²) in [7, 11) is 3.35. The lowest BCUT2D eigenvalue weighted by atomic mass is 10.1. The van der Waals surface area contributed by atoms with Crippen molar-refractivity contribution in [3.63, 3.8) is 0 Å². The van der Waals surface area contributed by atoms with Crippen LogP contribution in [0.3, 0.4) is 0 Å². The van der Waals surface area contributed by atoms with Gasteiger partial charge in [0, 0.05) is 42.0 Å². The third kappa shape index (κ3) is 5.14. The minimum absolute atomic E-state index is 0. The van der Waals surface area contributed by atoms with Crippen molar-refractivity contribution in [1.29, 1.82) is 0 Å². The highest BCUT2D eigenvalue weighted by Crippen LogP contribution is 2.28. The molecule has 2 aromatic carbocycles. The minimum atomic E-state index is 0. The Bertz CT molecular complexity index is 908. The number of aromatic nitrogens is 1. The van der Waals surface area contributed by atoms with Crippen LogP contribution in [0.4, 0.5) is 5.69 Å². The van der Waals surface area contributed by atoms with E-state index in [-0.39, 0.29) is 24.0 Å². The number of anilines is 1. The second kappa shape index (κ2) is 10.2. The van der Waals surface area contributed by atoms with Crippen molar-refractivity contribution in [2.24, 2.45) is 10.7 Å². The fourth-order valence-corrected chi connectivity index (χ4v) is 2.98. The Morgan fingerprint density at radius 3 is 2.70 bits per heavy atom. The molecule has 0 aliphatic heterocycles. The largest absolute Gasteiger partial charge is 0.496 e.